The summed E-state index contributed by atoms with van der Waals surface area (Å²) >= 11 is 0. The van der Waals surface area contributed by atoms with Crippen LogP contribution in [-0.2, 0) is 32.5 Å². The molecule has 0 atom stereocenters. The monoisotopic (exact) mass is 1250 g/mol. The Morgan fingerprint density at radius 1 is 0.250 bits per heavy atom. The largest absolute Gasteiger partial charge is 0.306 e. The minimum absolute atomic E-state index is 0.0941. The highest BCUT2D eigenvalue weighted by atomic mass is 15.2. The Labute approximate surface area is 566 Å². The highest BCUT2D eigenvalue weighted by Gasteiger charge is 2.46. The van der Waals surface area contributed by atoms with Gasteiger partial charge in [-0.15, -0.1) is 0 Å². The molecule has 0 N–H and O–H groups in total. The maximum atomic E-state index is 2.75. The van der Waals surface area contributed by atoms with Gasteiger partial charge in [0.05, 0.1) is 72.6 Å². The first-order chi connectivity index (χ1) is 45.5. The standard InChI is InChI=1S/C91H89N5/c1-86(2,3)53-33-41-59(42-34-53)92(60-43-35-54(36-44-60)87(4,5)6)85-83(93-73-45-37-55(88(7,8)9)49-67(73)68-50-56(89(10,11)12)38-46-74(68)93)81-78-77(65-29-23-27-63-61-25-19-21-31-71(61)95(81)79(63)65)66-30-24-28-64-62-26-20-22-32-72(62)96(80(64)66)82(78)84(85)94-75-47-39-57(90(13,14)15)51-69(75)70-52-58(91(16,17)18)40-48-76(70)94/h19-52,77H,1-18H3. The van der Waals surface area contributed by atoms with E-state index in [2.05, 4.69) is 354 Å². The van der Waals surface area contributed by atoms with E-state index in [-0.39, 0.29) is 38.4 Å². The molecule has 2 aliphatic heterocycles. The molecule has 96 heavy (non-hydrogen) atoms. The first kappa shape index (κ1) is 60.1. The zero-order valence-electron chi connectivity index (χ0n) is 59.4. The molecule has 0 saturated carbocycles. The Balaban J connectivity index is 1.23. The van der Waals surface area contributed by atoms with E-state index in [9.17, 15) is 0 Å². The van der Waals surface area contributed by atoms with Gasteiger partial charge in [0, 0.05) is 65.9 Å². The van der Waals surface area contributed by atoms with E-state index < -0.39 is 0 Å². The van der Waals surface area contributed by atoms with Crippen LogP contribution in [0.15, 0.2) is 206 Å². The molecule has 0 radical (unpaired) electrons. The second-order valence-electron chi connectivity index (χ2n) is 34.3. The van der Waals surface area contributed by atoms with Crippen LogP contribution in [0.25, 0.3) is 110 Å². The predicted octanol–water partition coefficient (Wildman–Crippen LogP) is 25.1. The Kier molecular flexibility index (Phi) is 12.5. The Morgan fingerprint density at radius 2 is 0.531 bits per heavy atom. The van der Waals surface area contributed by atoms with Crippen molar-refractivity contribution >= 4 is 104 Å². The van der Waals surface area contributed by atoms with Crippen molar-refractivity contribution in [2.24, 2.45) is 0 Å². The van der Waals surface area contributed by atoms with Gasteiger partial charge in [0.2, 0.25) is 0 Å². The maximum Gasteiger partial charge on any atom is 0.0990 e. The lowest BCUT2D eigenvalue weighted by atomic mass is 9.76. The molecule has 478 valence electrons. The zero-order valence-corrected chi connectivity index (χ0v) is 59.4. The summed E-state index contributed by atoms with van der Waals surface area (Å²) in [6, 6.07) is 81.9. The average Bonchev–Trinajstić information content (AvgIpc) is 1.41. The Morgan fingerprint density at radius 3 is 0.844 bits per heavy atom. The second-order valence-corrected chi connectivity index (χ2v) is 34.3. The van der Waals surface area contributed by atoms with Crippen molar-refractivity contribution < 1.29 is 0 Å². The summed E-state index contributed by atoms with van der Waals surface area (Å²) in [7, 11) is 0. The van der Waals surface area contributed by atoms with Crippen molar-refractivity contribution in [2.45, 2.75) is 163 Å². The molecule has 0 spiro atoms. The lowest BCUT2D eigenvalue weighted by molar-refractivity contribution is 0.590. The van der Waals surface area contributed by atoms with Gasteiger partial charge in [0.25, 0.3) is 0 Å². The molecule has 0 saturated heterocycles. The van der Waals surface area contributed by atoms with E-state index in [1.54, 1.807) is 0 Å². The third-order valence-electron chi connectivity index (χ3n) is 21.9. The van der Waals surface area contributed by atoms with Crippen LogP contribution in [0, 0.1) is 0 Å². The number of para-hydroxylation sites is 4. The molecule has 4 aromatic heterocycles. The van der Waals surface area contributed by atoms with E-state index in [4.69, 9.17) is 0 Å². The minimum Gasteiger partial charge on any atom is -0.306 e. The molecule has 6 heterocycles. The first-order valence-corrected chi connectivity index (χ1v) is 35.0. The highest BCUT2D eigenvalue weighted by Crippen LogP contribution is 2.62. The molecular formula is C91H89N5. The molecule has 5 heteroatoms. The van der Waals surface area contributed by atoms with Crippen LogP contribution in [0.5, 0.6) is 0 Å². The molecule has 15 aromatic rings. The number of nitrogens with zero attached hydrogens (tertiary/aromatic N) is 5. The van der Waals surface area contributed by atoms with E-state index in [0.717, 1.165) is 28.4 Å². The number of fused-ring (bicyclic) bond motifs is 16. The summed E-state index contributed by atoms with van der Waals surface area (Å²) in [4.78, 5) is 2.69. The van der Waals surface area contributed by atoms with Gasteiger partial charge in [-0.2, -0.15) is 0 Å². The fourth-order valence-corrected chi connectivity index (χ4v) is 16.6. The van der Waals surface area contributed by atoms with Crippen LogP contribution in [0.3, 0.4) is 0 Å². The lowest BCUT2D eigenvalue weighted by Gasteiger charge is -2.41. The van der Waals surface area contributed by atoms with Crippen molar-refractivity contribution in [3.05, 3.63) is 256 Å². The van der Waals surface area contributed by atoms with E-state index in [0.29, 0.717) is 0 Å². The van der Waals surface area contributed by atoms with Gasteiger partial charge in [0.15, 0.2) is 0 Å². The van der Waals surface area contributed by atoms with Crippen LogP contribution >= 0.6 is 0 Å². The van der Waals surface area contributed by atoms with Crippen LogP contribution in [0.4, 0.5) is 17.1 Å². The van der Waals surface area contributed by atoms with Gasteiger partial charge < -0.3 is 23.2 Å². The molecule has 2 aliphatic rings. The van der Waals surface area contributed by atoms with Crippen LogP contribution in [0.2, 0.25) is 0 Å². The summed E-state index contributed by atoms with van der Waals surface area (Å²) in [5.41, 5.74) is 28.5. The van der Waals surface area contributed by atoms with Gasteiger partial charge in [-0.25, -0.2) is 0 Å². The molecule has 0 aliphatic carbocycles. The highest BCUT2D eigenvalue weighted by molar-refractivity contribution is 6.20. The van der Waals surface area contributed by atoms with Gasteiger partial charge in [-0.05, 0) is 162 Å². The number of benzene rings is 11. The molecule has 0 bridgehead atoms. The van der Waals surface area contributed by atoms with Crippen LogP contribution in [0.1, 0.15) is 181 Å². The third-order valence-corrected chi connectivity index (χ3v) is 21.9. The van der Waals surface area contributed by atoms with E-state index in [1.165, 1.54) is 149 Å². The summed E-state index contributed by atoms with van der Waals surface area (Å²) in [5.74, 6) is -0.186. The number of aromatic nitrogens is 4. The fourth-order valence-electron chi connectivity index (χ4n) is 16.6. The van der Waals surface area contributed by atoms with Gasteiger partial charge >= 0.3 is 0 Å². The van der Waals surface area contributed by atoms with E-state index >= 15 is 0 Å². The molecule has 11 aromatic carbocycles. The molecule has 5 nitrogen and oxygen atoms in total. The molecule has 0 fully saturated rings. The zero-order chi connectivity index (χ0) is 67.0. The number of anilines is 3. The summed E-state index contributed by atoms with van der Waals surface area (Å²) in [6.07, 6.45) is 0. The van der Waals surface area contributed by atoms with Crippen molar-refractivity contribution in [2.75, 3.05) is 4.90 Å². The Bertz CT molecular complexity index is 5310. The number of hydrogen-bond acceptors (Lipinski definition) is 1. The van der Waals surface area contributed by atoms with Gasteiger partial charge in [-0.1, -0.05) is 246 Å². The number of hydrogen-bond donors (Lipinski definition) is 0. The van der Waals surface area contributed by atoms with Crippen molar-refractivity contribution in [1.82, 2.24) is 18.3 Å². The Hall–Kier alpha value is -9.58. The lowest BCUT2D eigenvalue weighted by Crippen LogP contribution is -2.28. The fraction of sp³-hybridized carbons (Fsp3) is 0.275. The van der Waals surface area contributed by atoms with Crippen molar-refractivity contribution in [3.63, 3.8) is 0 Å². The molecule has 0 amide bonds. The van der Waals surface area contributed by atoms with Crippen LogP contribution < -0.4 is 4.90 Å². The predicted molar refractivity (Wildman–Crippen MR) is 412 cm³/mol. The first-order valence-electron chi connectivity index (χ1n) is 35.0. The quantitative estimate of drug-likeness (QED) is 0.168. The maximum absolute atomic E-state index is 2.75. The topological polar surface area (TPSA) is 23.0 Å². The third kappa shape index (κ3) is 8.66. The van der Waals surface area contributed by atoms with E-state index in [1.807, 2.05) is 0 Å². The molecule has 17 rings (SSSR count). The number of rotatable bonds is 5. The normalized spacial score (nSPS) is 13.9. The average molecular weight is 1250 g/mol. The van der Waals surface area contributed by atoms with Crippen molar-refractivity contribution in [1.29, 1.82) is 0 Å². The van der Waals surface area contributed by atoms with Crippen LogP contribution in [-0.4, -0.2) is 18.3 Å². The summed E-state index contributed by atoms with van der Waals surface area (Å²) in [5, 5.41) is 9.99. The SMILES string of the molecule is CC(C)(C)c1ccc(N(c2ccc(C(C)(C)C)cc2)c2c(-n3c4ccc(C(C)(C)C)cc4c4cc(C(C)(C)C)ccc43)c3c4c(c2-n2c5ccc(C(C)(C)C)cc5c5cc(C(C)(C)C)ccc52)-n2c5ccccc5c5cccc(c52)C4c2cccc4c5ccccc5n-3c24)cc1. The minimum atomic E-state index is -0.186. The molecular weight excluding hydrogens is 1160 g/mol. The smallest absolute Gasteiger partial charge is 0.0990 e. The second kappa shape index (κ2) is 20.0. The summed E-state index contributed by atoms with van der Waals surface area (Å²) < 4.78 is 11.0. The molecule has 0 unspecified atom stereocenters. The van der Waals surface area contributed by atoms with Crippen molar-refractivity contribution in [3.8, 4) is 22.7 Å². The van der Waals surface area contributed by atoms with Gasteiger partial charge in [-0.3, -0.25) is 0 Å². The van der Waals surface area contributed by atoms with Gasteiger partial charge in [0.1, 0.15) is 0 Å². The summed E-state index contributed by atoms with van der Waals surface area (Å²) in [6.45, 7) is 42.3.